The zero-order valence-electron chi connectivity index (χ0n) is 10.4. The number of nitrogens with zero attached hydrogens (tertiary/aromatic N) is 1. The third-order valence-corrected chi connectivity index (χ3v) is 2.79. The van der Waals surface area contributed by atoms with Crippen LogP contribution in [0.25, 0.3) is 0 Å². The van der Waals surface area contributed by atoms with Crippen LogP contribution < -0.4 is 14.8 Å². The maximum absolute atomic E-state index is 13.0. The number of pyridine rings is 1. The van der Waals surface area contributed by atoms with Gasteiger partial charge in [0.25, 0.3) is 5.91 Å². The van der Waals surface area contributed by atoms with E-state index in [1.165, 1.54) is 12.3 Å². The summed E-state index contributed by atoms with van der Waals surface area (Å²) < 4.78 is 23.8. The lowest BCUT2D eigenvalue weighted by Gasteiger charge is -2.19. The Morgan fingerprint density at radius 3 is 2.75 bits per heavy atom. The van der Waals surface area contributed by atoms with E-state index in [1.807, 2.05) is 0 Å². The van der Waals surface area contributed by atoms with Crippen LogP contribution in [0.4, 0.5) is 10.1 Å². The Kier molecular flexibility index (Phi) is 3.20. The molecular formula is C14H11FN2O3. The molecule has 1 amide bonds. The average molecular weight is 274 g/mol. The number of ether oxygens (including phenoxy) is 2. The standard InChI is InChI=1S/C14H11FN2O3/c15-13-7-9(3-4-16-13)14(18)17-10-1-2-11-12(8-10)20-6-5-19-11/h1-4,7-8H,5-6H2,(H,17,18). The molecule has 3 rings (SSSR count). The second-order valence-electron chi connectivity index (χ2n) is 4.18. The third-order valence-electron chi connectivity index (χ3n) is 2.79. The van der Waals surface area contributed by atoms with Gasteiger partial charge in [0.05, 0.1) is 0 Å². The highest BCUT2D eigenvalue weighted by Crippen LogP contribution is 2.32. The number of fused-ring (bicyclic) bond motifs is 1. The number of amides is 1. The first-order valence-electron chi connectivity index (χ1n) is 6.05. The van der Waals surface area contributed by atoms with Crippen molar-refractivity contribution in [3.8, 4) is 11.5 Å². The molecule has 0 bridgehead atoms. The number of carbonyl (C=O) groups is 1. The number of rotatable bonds is 2. The van der Waals surface area contributed by atoms with Gasteiger partial charge in [-0.05, 0) is 18.2 Å². The first-order valence-corrected chi connectivity index (χ1v) is 6.05. The van der Waals surface area contributed by atoms with Gasteiger partial charge in [0, 0.05) is 29.6 Å². The highest BCUT2D eigenvalue weighted by molar-refractivity contribution is 6.04. The molecular weight excluding hydrogens is 263 g/mol. The predicted octanol–water partition coefficient (Wildman–Crippen LogP) is 2.24. The SMILES string of the molecule is O=C(Nc1ccc2c(c1)OCCO2)c1ccnc(F)c1. The first-order chi connectivity index (χ1) is 9.72. The average Bonchev–Trinajstić information content (AvgIpc) is 2.47. The maximum Gasteiger partial charge on any atom is 0.255 e. The molecule has 0 fully saturated rings. The number of carbonyl (C=O) groups excluding carboxylic acids is 1. The van der Waals surface area contributed by atoms with Crippen molar-refractivity contribution in [2.45, 2.75) is 0 Å². The Hall–Kier alpha value is -2.63. The molecule has 0 spiro atoms. The van der Waals surface area contributed by atoms with Gasteiger partial charge >= 0.3 is 0 Å². The van der Waals surface area contributed by atoms with Crippen molar-refractivity contribution in [1.29, 1.82) is 0 Å². The lowest BCUT2D eigenvalue weighted by Crippen LogP contribution is -2.16. The smallest absolute Gasteiger partial charge is 0.255 e. The first kappa shape index (κ1) is 12.4. The number of aromatic nitrogens is 1. The Morgan fingerprint density at radius 2 is 1.95 bits per heavy atom. The summed E-state index contributed by atoms with van der Waals surface area (Å²) in [6.07, 6.45) is 1.24. The summed E-state index contributed by atoms with van der Waals surface area (Å²) in [6.45, 7) is 0.981. The maximum atomic E-state index is 13.0. The molecule has 20 heavy (non-hydrogen) atoms. The van der Waals surface area contributed by atoms with Gasteiger partial charge in [0.2, 0.25) is 5.95 Å². The minimum Gasteiger partial charge on any atom is -0.486 e. The number of hydrogen-bond acceptors (Lipinski definition) is 4. The van der Waals surface area contributed by atoms with E-state index in [1.54, 1.807) is 18.2 Å². The van der Waals surface area contributed by atoms with E-state index >= 15 is 0 Å². The summed E-state index contributed by atoms with van der Waals surface area (Å²) in [6, 6.07) is 7.61. The molecule has 1 N–H and O–H groups in total. The van der Waals surface area contributed by atoms with Crippen molar-refractivity contribution in [3.05, 3.63) is 48.0 Å². The minimum absolute atomic E-state index is 0.201. The molecule has 102 valence electrons. The molecule has 0 atom stereocenters. The van der Waals surface area contributed by atoms with Gasteiger partial charge in [-0.2, -0.15) is 4.39 Å². The van der Waals surface area contributed by atoms with Gasteiger partial charge in [-0.15, -0.1) is 0 Å². The second kappa shape index (κ2) is 5.16. The van der Waals surface area contributed by atoms with Crippen LogP contribution in [0.15, 0.2) is 36.5 Å². The van der Waals surface area contributed by atoms with Crippen molar-refractivity contribution >= 4 is 11.6 Å². The minimum atomic E-state index is -0.695. The van der Waals surface area contributed by atoms with Gasteiger partial charge < -0.3 is 14.8 Å². The second-order valence-corrected chi connectivity index (χ2v) is 4.18. The molecule has 1 aliphatic heterocycles. The van der Waals surface area contributed by atoms with E-state index < -0.39 is 11.9 Å². The van der Waals surface area contributed by atoms with Crippen molar-refractivity contribution in [2.24, 2.45) is 0 Å². The molecule has 0 radical (unpaired) electrons. The van der Waals surface area contributed by atoms with E-state index in [2.05, 4.69) is 10.3 Å². The van der Waals surface area contributed by atoms with E-state index in [4.69, 9.17) is 9.47 Å². The molecule has 6 heteroatoms. The van der Waals surface area contributed by atoms with Gasteiger partial charge in [-0.25, -0.2) is 4.98 Å². The van der Waals surface area contributed by atoms with Crippen LogP contribution in [-0.2, 0) is 0 Å². The van der Waals surface area contributed by atoms with Crippen molar-refractivity contribution < 1.29 is 18.7 Å². The van der Waals surface area contributed by atoms with Gasteiger partial charge in [0.1, 0.15) is 13.2 Å². The summed E-state index contributed by atoms with van der Waals surface area (Å²) in [5, 5.41) is 2.67. The highest BCUT2D eigenvalue weighted by atomic mass is 19.1. The Labute approximate surface area is 114 Å². The van der Waals surface area contributed by atoms with Crippen LogP contribution in [0, 0.1) is 5.95 Å². The lowest BCUT2D eigenvalue weighted by molar-refractivity contribution is 0.102. The van der Waals surface area contributed by atoms with Crippen LogP contribution in [-0.4, -0.2) is 24.1 Å². The molecule has 0 saturated heterocycles. The molecule has 2 heterocycles. The lowest BCUT2D eigenvalue weighted by atomic mass is 10.2. The molecule has 0 aliphatic carbocycles. The topological polar surface area (TPSA) is 60.5 Å². The monoisotopic (exact) mass is 274 g/mol. The molecule has 0 saturated carbocycles. The largest absolute Gasteiger partial charge is 0.486 e. The number of anilines is 1. The van der Waals surface area contributed by atoms with Crippen molar-refractivity contribution in [3.63, 3.8) is 0 Å². The fourth-order valence-corrected chi connectivity index (χ4v) is 1.87. The van der Waals surface area contributed by atoms with Crippen molar-refractivity contribution in [2.75, 3.05) is 18.5 Å². The molecule has 1 aromatic heterocycles. The van der Waals surface area contributed by atoms with E-state index in [0.29, 0.717) is 30.4 Å². The third kappa shape index (κ3) is 2.54. The van der Waals surface area contributed by atoms with Crippen molar-refractivity contribution in [1.82, 2.24) is 4.98 Å². The van der Waals surface area contributed by atoms with Gasteiger partial charge in [-0.1, -0.05) is 0 Å². The summed E-state index contributed by atoms with van der Waals surface area (Å²) in [7, 11) is 0. The van der Waals surface area contributed by atoms with E-state index in [0.717, 1.165) is 6.07 Å². The molecule has 5 nitrogen and oxygen atoms in total. The van der Waals surface area contributed by atoms with Crippen LogP contribution in [0.1, 0.15) is 10.4 Å². The zero-order chi connectivity index (χ0) is 13.9. The molecule has 2 aromatic rings. The van der Waals surface area contributed by atoms with Gasteiger partial charge in [0.15, 0.2) is 11.5 Å². The summed E-state index contributed by atoms with van der Waals surface area (Å²) in [5.41, 5.74) is 0.754. The van der Waals surface area contributed by atoms with Crippen LogP contribution in [0.2, 0.25) is 0 Å². The Morgan fingerprint density at radius 1 is 1.15 bits per heavy atom. The molecule has 1 aliphatic rings. The summed E-state index contributed by atoms with van der Waals surface area (Å²) in [5.74, 6) is 0.113. The van der Waals surface area contributed by atoms with Crippen LogP contribution >= 0.6 is 0 Å². The fourth-order valence-electron chi connectivity index (χ4n) is 1.87. The normalized spacial score (nSPS) is 12.8. The zero-order valence-corrected chi connectivity index (χ0v) is 10.4. The predicted molar refractivity (Wildman–Crippen MR) is 69.6 cm³/mol. The Bertz CT molecular complexity index is 661. The fraction of sp³-hybridized carbons (Fsp3) is 0.143. The van der Waals surface area contributed by atoms with E-state index in [-0.39, 0.29) is 5.56 Å². The summed E-state index contributed by atoms with van der Waals surface area (Å²) in [4.78, 5) is 15.4. The van der Waals surface area contributed by atoms with Gasteiger partial charge in [-0.3, -0.25) is 4.79 Å². The van der Waals surface area contributed by atoms with Crippen LogP contribution in [0.5, 0.6) is 11.5 Å². The molecule has 0 unspecified atom stereocenters. The molecule has 1 aromatic carbocycles. The Balaban J connectivity index is 1.79. The number of hydrogen-bond donors (Lipinski definition) is 1. The van der Waals surface area contributed by atoms with Crippen LogP contribution in [0.3, 0.4) is 0 Å². The van der Waals surface area contributed by atoms with E-state index in [9.17, 15) is 9.18 Å². The number of benzene rings is 1. The summed E-state index contributed by atoms with van der Waals surface area (Å²) >= 11 is 0. The number of halogens is 1. The highest BCUT2D eigenvalue weighted by Gasteiger charge is 2.13. The number of nitrogens with one attached hydrogen (secondary N) is 1. The quantitative estimate of drug-likeness (QED) is 0.853.